The molecule has 0 atom stereocenters. The van der Waals surface area contributed by atoms with Crippen LogP contribution in [0.3, 0.4) is 0 Å². The lowest BCUT2D eigenvalue weighted by atomic mass is 9.55. The van der Waals surface area contributed by atoms with E-state index in [1.54, 1.807) is 0 Å². The second-order valence-corrected chi connectivity index (χ2v) is 2.70. The van der Waals surface area contributed by atoms with Crippen molar-refractivity contribution in [1.29, 1.82) is 0 Å². The highest BCUT2D eigenvalue weighted by Gasteiger charge is 2.31. The van der Waals surface area contributed by atoms with Crippen LogP contribution in [0.15, 0.2) is 0 Å². The van der Waals surface area contributed by atoms with Crippen LogP contribution in [0.5, 0.6) is 0 Å². The Hall–Kier alpha value is -0.000130. The van der Waals surface area contributed by atoms with Crippen molar-refractivity contribution in [2.45, 2.75) is 5.21 Å². The van der Waals surface area contributed by atoms with Crippen molar-refractivity contribution >= 4 is 48.0 Å². The molecule has 4 radical (unpaired) electrons. The molecule has 6 heteroatoms. The maximum atomic E-state index is 10.7. The standard InChI is InChI=1S/C4H4B2INO2/c1-8-3(10)4(5,6)2(7)9/h1H3,(H,8,10). The first kappa shape index (κ1) is 10.00. The highest BCUT2D eigenvalue weighted by atomic mass is 127. The molecule has 10 heavy (non-hydrogen) atoms. The Morgan fingerprint density at radius 3 is 2.00 bits per heavy atom. The number of carbonyl (C=O) groups excluding carboxylic acids is 2. The third kappa shape index (κ3) is 2.00. The van der Waals surface area contributed by atoms with Crippen molar-refractivity contribution in [3.63, 3.8) is 0 Å². The molecular weight excluding hydrogens is 243 g/mol. The maximum absolute atomic E-state index is 10.7. The van der Waals surface area contributed by atoms with Gasteiger partial charge in [-0.1, -0.05) is 0 Å². The van der Waals surface area contributed by atoms with Crippen LogP contribution in [0.25, 0.3) is 0 Å². The normalized spacial score (nSPS) is 10.6. The van der Waals surface area contributed by atoms with Crippen LogP contribution >= 0.6 is 22.6 Å². The van der Waals surface area contributed by atoms with Crippen LogP contribution in [0.4, 0.5) is 0 Å². The van der Waals surface area contributed by atoms with Crippen molar-refractivity contribution in [3.05, 3.63) is 0 Å². The molecular formula is C4H4B2INO2. The van der Waals surface area contributed by atoms with Gasteiger partial charge in [-0.3, -0.25) is 9.59 Å². The number of rotatable bonds is 2. The molecule has 1 amide bonds. The van der Waals surface area contributed by atoms with Gasteiger partial charge in [0.2, 0.25) is 5.91 Å². The first-order valence-corrected chi connectivity index (χ1v) is 3.50. The summed E-state index contributed by atoms with van der Waals surface area (Å²) in [5, 5.41) is 0.278. The number of halogens is 1. The van der Waals surface area contributed by atoms with Gasteiger partial charge in [0.25, 0.3) is 0 Å². The van der Waals surface area contributed by atoms with Crippen LogP contribution in [0.2, 0.25) is 5.21 Å². The van der Waals surface area contributed by atoms with E-state index in [2.05, 4.69) is 5.32 Å². The molecule has 0 bridgehead atoms. The molecule has 0 aliphatic carbocycles. The van der Waals surface area contributed by atoms with Crippen LogP contribution in [0.1, 0.15) is 0 Å². The summed E-state index contributed by atoms with van der Waals surface area (Å²) < 4.78 is -0.593. The van der Waals surface area contributed by atoms with Crippen LogP contribution < -0.4 is 5.32 Å². The fourth-order valence-corrected chi connectivity index (χ4v) is 0.541. The lowest BCUT2D eigenvalue weighted by Crippen LogP contribution is -2.38. The summed E-state index contributed by atoms with van der Waals surface area (Å²) in [6, 6.07) is 0. The van der Waals surface area contributed by atoms with Crippen molar-refractivity contribution in [2.75, 3.05) is 7.05 Å². The quantitative estimate of drug-likeness (QED) is 0.299. The molecule has 0 saturated carbocycles. The zero-order chi connectivity index (χ0) is 8.36. The van der Waals surface area contributed by atoms with E-state index in [4.69, 9.17) is 15.7 Å². The summed E-state index contributed by atoms with van der Waals surface area (Å²) in [5.74, 6) is -0.688. The van der Waals surface area contributed by atoms with E-state index < -0.39 is 14.9 Å². The van der Waals surface area contributed by atoms with Gasteiger partial charge in [0, 0.05) is 12.3 Å². The Balaban J connectivity index is 4.40. The smallest absolute Gasteiger partial charge is 0.216 e. The molecule has 0 rings (SSSR count). The molecule has 3 nitrogen and oxygen atoms in total. The van der Waals surface area contributed by atoms with Crippen molar-refractivity contribution < 1.29 is 9.59 Å². The molecule has 0 aliphatic heterocycles. The fraction of sp³-hybridized carbons (Fsp3) is 0.500. The van der Waals surface area contributed by atoms with E-state index in [-0.39, 0.29) is 0 Å². The zero-order valence-electron chi connectivity index (χ0n) is 5.35. The van der Waals surface area contributed by atoms with Gasteiger partial charge in [-0.2, -0.15) is 0 Å². The number of hydrogen-bond acceptors (Lipinski definition) is 2. The van der Waals surface area contributed by atoms with E-state index in [0.717, 1.165) is 0 Å². The minimum atomic E-state index is -1.89. The molecule has 0 aliphatic rings. The number of carbonyl (C=O) groups is 2. The third-order valence-electron chi connectivity index (χ3n) is 0.928. The first-order chi connectivity index (χ1) is 4.42. The molecule has 1 N–H and O–H groups in total. The van der Waals surface area contributed by atoms with Gasteiger partial charge < -0.3 is 5.32 Å². The van der Waals surface area contributed by atoms with Gasteiger partial charge in [0.1, 0.15) is 0 Å². The van der Waals surface area contributed by atoms with Gasteiger partial charge >= 0.3 is 0 Å². The highest BCUT2D eigenvalue weighted by Crippen LogP contribution is 2.20. The summed E-state index contributed by atoms with van der Waals surface area (Å²) in [5.41, 5.74) is 0. The molecule has 0 aromatic rings. The van der Waals surface area contributed by atoms with Gasteiger partial charge in [-0.15, -0.1) is 0 Å². The molecule has 0 saturated heterocycles. The number of hydrogen-bond donors (Lipinski definition) is 1. The second-order valence-electron chi connectivity index (χ2n) is 1.72. The lowest BCUT2D eigenvalue weighted by molar-refractivity contribution is -0.125. The van der Waals surface area contributed by atoms with Gasteiger partial charge in [0.05, 0.1) is 15.7 Å². The predicted octanol–water partition coefficient (Wildman–Crippen LogP) is -0.853. The third-order valence-corrected chi connectivity index (χ3v) is 1.82. The predicted molar refractivity (Wildman–Crippen MR) is 47.3 cm³/mol. The zero-order valence-corrected chi connectivity index (χ0v) is 7.51. The van der Waals surface area contributed by atoms with E-state index in [1.165, 1.54) is 29.6 Å². The van der Waals surface area contributed by atoms with Crippen molar-refractivity contribution in [3.8, 4) is 0 Å². The molecule has 0 unspecified atom stereocenters. The SMILES string of the molecule is [B]C([B])(C(=O)I)C(=O)NC. The molecule has 0 spiro atoms. The largest absolute Gasteiger partial charge is 0.360 e. The minimum absolute atomic E-state index is 0.593. The Morgan fingerprint density at radius 1 is 1.50 bits per heavy atom. The summed E-state index contributed by atoms with van der Waals surface area (Å²) in [6.45, 7) is 0. The highest BCUT2D eigenvalue weighted by molar-refractivity contribution is 14.1. The lowest BCUT2D eigenvalue weighted by Gasteiger charge is -2.17. The second kappa shape index (κ2) is 3.41. The van der Waals surface area contributed by atoms with Gasteiger partial charge in [-0.25, -0.2) is 0 Å². The summed E-state index contributed by atoms with van der Waals surface area (Å²) >= 11 is 1.37. The summed E-state index contributed by atoms with van der Waals surface area (Å²) in [4.78, 5) is 21.2. The fourth-order valence-electron chi connectivity index (χ4n) is 0.296. The van der Waals surface area contributed by atoms with Crippen LogP contribution in [-0.2, 0) is 9.59 Å². The molecule has 0 fully saturated rings. The molecule has 0 heterocycles. The average molecular weight is 247 g/mol. The Bertz CT molecular complexity index is 171. The topological polar surface area (TPSA) is 46.2 Å². The van der Waals surface area contributed by atoms with E-state index in [1.807, 2.05) is 0 Å². The molecule has 50 valence electrons. The van der Waals surface area contributed by atoms with Crippen molar-refractivity contribution in [1.82, 2.24) is 5.32 Å². The average Bonchev–Trinajstić information content (AvgIpc) is 1.86. The van der Waals surface area contributed by atoms with Gasteiger partial charge in [0.15, 0.2) is 3.79 Å². The number of amides is 1. The van der Waals surface area contributed by atoms with E-state index in [9.17, 15) is 9.59 Å². The van der Waals surface area contributed by atoms with Crippen molar-refractivity contribution in [2.24, 2.45) is 0 Å². The Kier molecular flexibility index (Phi) is 3.41. The summed E-state index contributed by atoms with van der Waals surface area (Å²) in [6.07, 6.45) is 0. The molecule has 0 aromatic heterocycles. The van der Waals surface area contributed by atoms with E-state index >= 15 is 0 Å². The Labute approximate surface area is 75.3 Å². The van der Waals surface area contributed by atoms with Crippen LogP contribution in [-0.4, -0.2) is 32.4 Å². The maximum Gasteiger partial charge on any atom is 0.216 e. The van der Waals surface area contributed by atoms with E-state index in [0.29, 0.717) is 0 Å². The Morgan fingerprint density at radius 2 is 1.90 bits per heavy atom. The van der Waals surface area contributed by atoms with Crippen LogP contribution in [0, 0.1) is 0 Å². The minimum Gasteiger partial charge on any atom is -0.360 e. The monoisotopic (exact) mass is 247 g/mol. The first-order valence-electron chi connectivity index (χ1n) is 2.42. The molecule has 0 aromatic carbocycles. The number of nitrogens with one attached hydrogen (secondary N) is 1. The summed E-state index contributed by atoms with van der Waals surface area (Å²) in [7, 11) is 11.6. The van der Waals surface area contributed by atoms with Gasteiger partial charge in [-0.05, 0) is 22.6 Å².